The summed E-state index contributed by atoms with van der Waals surface area (Å²) in [6.45, 7) is 4.82. The summed E-state index contributed by atoms with van der Waals surface area (Å²) in [5.74, 6) is 1.95. The van der Waals surface area contributed by atoms with Gasteiger partial charge in [-0.1, -0.05) is 0 Å². The molecule has 0 aromatic carbocycles. The second-order valence-electron chi connectivity index (χ2n) is 6.19. The highest BCUT2D eigenvalue weighted by Gasteiger charge is 2.24. The van der Waals surface area contributed by atoms with Gasteiger partial charge in [0.25, 0.3) is 5.78 Å². The average Bonchev–Trinajstić information content (AvgIpc) is 3.05. The zero-order valence-corrected chi connectivity index (χ0v) is 15.0. The number of aromatic nitrogens is 6. The van der Waals surface area contributed by atoms with Crippen LogP contribution in [0, 0.1) is 6.92 Å². The molecule has 24 heavy (non-hydrogen) atoms. The number of fused-ring (bicyclic) bond motifs is 1. The number of piperidine rings is 1. The van der Waals surface area contributed by atoms with Crippen LogP contribution in [0.25, 0.3) is 5.78 Å². The molecule has 0 aliphatic carbocycles. The zero-order valence-electron chi connectivity index (χ0n) is 13.4. The molecule has 0 radical (unpaired) electrons. The molecule has 1 atom stereocenters. The van der Waals surface area contributed by atoms with E-state index in [4.69, 9.17) is 0 Å². The maximum atomic E-state index is 4.44. The molecule has 4 rings (SSSR count). The van der Waals surface area contributed by atoms with E-state index in [2.05, 4.69) is 51.9 Å². The van der Waals surface area contributed by atoms with Crippen molar-refractivity contribution in [2.45, 2.75) is 32.2 Å². The van der Waals surface area contributed by atoms with Gasteiger partial charge in [0.05, 0.1) is 16.7 Å². The van der Waals surface area contributed by atoms with Crippen molar-refractivity contribution in [1.29, 1.82) is 0 Å². The molecule has 0 N–H and O–H groups in total. The molecule has 1 unspecified atom stereocenters. The fraction of sp³-hybridized carbons (Fsp3) is 0.438. The van der Waals surface area contributed by atoms with Crippen LogP contribution in [0.15, 0.2) is 29.3 Å². The van der Waals surface area contributed by atoms with Crippen LogP contribution in [0.3, 0.4) is 0 Å². The topological polar surface area (TPSA) is 72.1 Å². The molecule has 1 aliphatic rings. The summed E-state index contributed by atoms with van der Waals surface area (Å²) in [6.07, 6.45) is 7.47. The minimum absolute atomic E-state index is 0.417. The third kappa shape index (κ3) is 3.16. The lowest BCUT2D eigenvalue weighted by molar-refractivity contribution is 0.193. The molecule has 1 fully saturated rings. The third-order valence-corrected chi connectivity index (χ3v) is 4.78. The molecule has 7 nitrogen and oxygen atoms in total. The Labute approximate surface area is 148 Å². The molecule has 3 aromatic heterocycles. The molecule has 124 valence electrons. The van der Waals surface area contributed by atoms with E-state index in [1.165, 1.54) is 5.69 Å². The van der Waals surface area contributed by atoms with Crippen molar-refractivity contribution < 1.29 is 0 Å². The first kappa shape index (κ1) is 15.6. The van der Waals surface area contributed by atoms with Gasteiger partial charge in [-0.25, -0.2) is 19.5 Å². The molecule has 0 amide bonds. The Kier molecular flexibility index (Phi) is 4.24. The highest BCUT2D eigenvalue weighted by atomic mass is 79.9. The maximum Gasteiger partial charge on any atom is 0.252 e. The normalized spacial score (nSPS) is 19.0. The SMILES string of the molecule is Cc1cc(C2CCCN(Cc3ncc(Br)cn3)C2)n2ncnc2n1. The van der Waals surface area contributed by atoms with Crippen molar-refractivity contribution in [2.24, 2.45) is 0 Å². The van der Waals surface area contributed by atoms with Gasteiger partial charge in [0.15, 0.2) is 0 Å². The van der Waals surface area contributed by atoms with Gasteiger partial charge in [0, 0.05) is 30.6 Å². The Bertz CT molecular complexity index is 845. The van der Waals surface area contributed by atoms with Crippen molar-refractivity contribution in [3.63, 3.8) is 0 Å². The number of hydrogen-bond acceptors (Lipinski definition) is 6. The minimum Gasteiger partial charge on any atom is -0.295 e. The Hall–Kier alpha value is -1.93. The summed E-state index contributed by atoms with van der Waals surface area (Å²) in [5.41, 5.74) is 2.18. The predicted molar refractivity (Wildman–Crippen MR) is 92.5 cm³/mol. The average molecular weight is 388 g/mol. The summed E-state index contributed by atoms with van der Waals surface area (Å²) >= 11 is 3.38. The molecule has 4 heterocycles. The number of rotatable bonds is 3. The number of likely N-dealkylation sites (tertiary alicyclic amines) is 1. The van der Waals surface area contributed by atoms with Crippen LogP contribution in [0.1, 0.15) is 36.0 Å². The maximum absolute atomic E-state index is 4.44. The Morgan fingerprint density at radius 1 is 1.25 bits per heavy atom. The second-order valence-corrected chi connectivity index (χ2v) is 7.10. The third-order valence-electron chi connectivity index (χ3n) is 4.37. The summed E-state index contributed by atoms with van der Waals surface area (Å²) in [4.78, 5) is 19.9. The molecule has 0 spiro atoms. The molecule has 0 saturated carbocycles. The van der Waals surface area contributed by atoms with E-state index in [-0.39, 0.29) is 0 Å². The Morgan fingerprint density at radius 2 is 2.08 bits per heavy atom. The number of halogens is 1. The lowest BCUT2D eigenvalue weighted by Gasteiger charge is -2.32. The quantitative estimate of drug-likeness (QED) is 0.686. The van der Waals surface area contributed by atoms with E-state index < -0.39 is 0 Å². The standard InChI is InChI=1S/C16H18BrN7/c1-11-5-14(24-16(22-11)20-10-21-24)12-3-2-4-23(8-12)9-15-18-6-13(17)7-19-15/h5-7,10,12H,2-4,8-9H2,1H3. The predicted octanol–water partition coefficient (Wildman–Crippen LogP) is 2.36. The number of aryl methyl sites for hydroxylation is 1. The summed E-state index contributed by atoms with van der Waals surface area (Å²) in [7, 11) is 0. The molecule has 3 aromatic rings. The van der Waals surface area contributed by atoms with Gasteiger partial charge in [-0.2, -0.15) is 10.1 Å². The smallest absolute Gasteiger partial charge is 0.252 e. The fourth-order valence-electron chi connectivity index (χ4n) is 3.31. The minimum atomic E-state index is 0.417. The van der Waals surface area contributed by atoms with Crippen molar-refractivity contribution in [3.8, 4) is 0 Å². The van der Waals surface area contributed by atoms with Crippen LogP contribution in [0.2, 0.25) is 0 Å². The number of hydrogen-bond donors (Lipinski definition) is 0. The highest BCUT2D eigenvalue weighted by molar-refractivity contribution is 9.10. The van der Waals surface area contributed by atoms with Crippen LogP contribution in [0.5, 0.6) is 0 Å². The van der Waals surface area contributed by atoms with E-state index >= 15 is 0 Å². The lowest BCUT2D eigenvalue weighted by atomic mass is 9.94. The van der Waals surface area contributed by atoms with E-state index in [1.54, 1.807) is 18.7 Å². The lowest BCUT2D eigenvalue weighted by Crippen LogP contribution is -2.35. The van der Waals surface area contributed by atoms with Crippen LogP contribution in [0.4, 0.5) is 0 Å². The molecular weight excluding hydrogens is 370 g/mol. The highest BCUT2D eigenvalue weighted by Crippen LogP contribution is 2.27. The zero-order chi connectivity index (χ0) is 16.5. The summed E-state index contributed by atoms with van der Waals surface area (Å²) in [6, 6.07) is 2.13. The van der Waals surface area contributed by atoms with Gasteiger partial charge in [-0.05, 0) is 48.3 Å². The first-order chi connectivity index (χ1) is 11.7. The van der Waals surface area contributed by atoms with Crippen LogP contribution in [-0.2, 0) is 6.54 Å². The van der Waals surface area contributed by atoms with Crippen molar-refractivity contribution >= 4 is 21.7 Å². The van der Waals surface area contributed by atoms with Crippen LogP contribution < -0.4 is 0 Å². The number of nitrogens with zero attached hydrogens (tertiary/aromatic N) is 7. The summed E-state index contributed by atoms with van der Waals surface area (Å²) in [5, 5.41) is 4.35. The van der Waals surface area contributed by atoms with E-state index in [1.807, 2.05) is 11.4 Å². The van der Waals surface area contributed by atoms with Gasteiger partial charge in [-0.15, -0.1) is 0 Å². The van der Waals surface area contributed by atoms with Crippen LogP contribution >= 0.6 is 15.9 Å². The van der Waals surface area contributed by atoms with Crippen molar-refractivity contribution in [2.75, 3.05) is 13.1 Å². The monoisotopic (exact) mass is 387 g/mol. The van der Waals surface area contributed by atoms with E-state index in [9.17, 15) is 0 Å². The summed E-state index contributed by atoms with van der Waals surface area (Å²) < 4.78 is 2.78. The molecule has 8 heteroatoms. The van der Waals surface area contributed by atoms with Crippen molar-refractivity contribution in [1.82, 2.24) is 34.4 Å². The first-order valence-electron chi connectivity index (χ1n) is 8.05. The van der Waals surface area contributed by atoms with Crippen molar-refractivity contribution in [3.05, 3.63) is 46.5 Å². The van der Waals surface area contributed by atoms with Gasteiger partial charge in [-0.3, -0.25) is 4.90 Å². The van der Waals surface area contributed by atoms with E-state index in [0.717, 1.165) is 48.5 Å². The molecule has 1 aliphatic heterocycles. The largest absolute Gasteiger partial charge is 0.295 e. The van der Waals surface area contributed by atoms with Crippen LogP contribution in [-0.4, -0.2) is 47.5 Å². The fourth-order valence-corrected chi connectivity index (χ4v) is 3.52. The van der Waals surface area contributed by atoms with Gasteiger partial charge in [0.1, 0.15) is 12.2 Å². The molecule has 1 saturated heterocycles. The van der Waals surface area contributed by atoms with Gasteiger partial charge >= 0.3 is 0 Å². The Balaban J connectivity index is 1.55. The second kappa shape index (κ2) is 6.52. The first-order valence-corrected chi connectivity index (χ1v) is 8.84. The Morgan fingerprint density at radius 3 is 2.92 bits per heavy atom. The van der Waals surface area contributed by atoms with Gasteiger partial charge < -0.3 is 0 Å². The molecular formula is C16H18BrN7. The molecule has 0 bridgehead atoms. The van der Waals surface area contributed by atoms with E-state index in [0.29, 0.717) is 11.7 Å². The van der Waals surface area contributed by atoms with Gasteiger partial charge in [0.2, 0.25) is 0 Å².